The molecule has 2 N–H and O–H groups in total. The van der Waals surface area contributed by atoms with Gasteiger partial charge in [-0.05, 0) is 55.3 Å². The van der Waals surface area contributed by atoms with Gasteiger partial charge in [0.25, 0.3) is 5.91 Å². The van der Waals surface area contributed by atoms with Gasteiger partial charge in [-0.15, -0.1) is 12.4 Å². The van der Waals surface area contributed by atoms with Crippen molar-refractivity contribution in [3.63, 3.8) is 0 Å². The van der Waals surface area contributed by atoms with Crippen LogP contribution in [0.1, 0.15) is 33.8 Å². The Kier molecular flexibility index (Phi) is 7.16. The van der Waals surface area contributed by atoms with Crippen molar-refractivity contribution in [2.24, 2.45) is 0 Å². The van der Waals surface area contributed by atoms with E-state index in [-0.39, 0.29) is 30.3 Å². The molecule has 1 fully saturated rings. The minimum atomic E-state index is -0.866. The zero-order valence-corrected chi connectivity index (χ0v) is 16.0. The van der Waals surface area contributed by atoms with E-state index < -0.39 is 11.6 Å². The second kappa shape index (κ2) is 9.15. The summed E-state index contributed by atoms with van der Waals surface area (Å²) in [5.41, 5.74) is 2.14. The molecule has 2 atom stereocenters. The summed E-state index contributed by atoms with van der Waals surface area (Å²) in [6.07, 6.45) is 0.729. The lowest BCUT2D eigenvalue weighted by Gasteiger charge is -2.33. The molecule has 0 saturated carbocycles. The van der Waals surface area contributed by atoms with Crippen molar-refractivity contribution in [1.29, 1.82) is 0 Å². The first kappa shape index (κ1) is 21.1. The van der Waals surface area contributed by atoms with E-state index in [9.17, 15) is 13.6 Å². The molecule has 27 heavy (non-hydrogen) atoms. The van der Waals surface area contributed by atoms with Crippen molar-refractivity contribution in [3.05, 3.63) is 64.7 Å². The van der Waals surface area contributed by atoms with Gasteiger partial charge in [-0.2, -0.15) is 0 Å². The zero-order chi connectivity index (χ0) is 18.7. The molecule has 146 valence electrons. The molecule has 2 aromatic carbocycles. The monoisotopic (exact) mass is 396 g/mol. The number of hydrogen-bond donors (Lipinski definition) is 2. The summed E-state index contributed by atoms with van der Waals surface area (Å²) in [6.45, 7) is 3.23. The first-order valence-corrected chi connectivity index (χ1v) is 8.60. The smallest absolute Gasteiger partial charge is 0.251 e. The van der Waals surface area contributed by atoms with Crippen molar-refractivity contribution >= 4 is 18.3 Å². The van der Waals surface area contributed by atoms with E-state index in [0.29, 0.717) is 23.4 Å². The van der Waals surface area contributed by atoms with Crippen LogP contribution < -0.4 is 15.4 Å². The van der Waals surface area contributed by atoms with Gasteiger partial charge >= 0.3 is 0 Å². The maximum Gasteiger partial charge on any atom is 0.251 e. The van der Waals surface area contributed by atoms with Crippen molar-refractivity contribution in [3.8, 4) is 5.75 Å². The third-order valence-electron chi connectivity index (χ3n) is 4.84. The lowest BCUT2D eigenvalue weighted by Crippen LogP contribution is -2.50. The number of halogens is 3. The Morgan fingerprint density at radius 1 is 1.19 bits per heavy atom. The van der Waals surface area contributed by atoms with Gasteiger partial charge in [-0.3, -0.25) is 4.79 Å². The molecule has 0 aromatic heterocycles. The number of nitrogens with one attached hydrogen (secondary N) is 2. The molecule has 2 unspecified atom stereocenters. The molecular formula is C20H23ClF2N2O2. The minimum Gasteiger partial charge on any atom is -0.496 e. The van der Waals surface area contributed by atoms with E-state index in [1.807, 2.05) is 13.0 Å². The molecule has 0 aliphatic carbocycles. The van der Waals surface area contributed by atoms with Gasteiger partial charge in [0.15, 0.2) is 11.6 Å². The Labute approximate surface area is 163 Å². The second-order valence-corrected chi connectivity index (χ2v) is 6.54. The van der Waals surface area contributed by atoms with Gasteiger partial charge in [-0.25, -0.2) is 8.78 Å². The summed E-state index contributed by atoms with van der Waals surface area (Å²) in [7, 11) is 1.56. The molecule has 0 bridgehead atoms. The Hall–Kier alpha value is -2.18. The molecule has 2 aromatic rings. The predicted molar refractivity (Wildman–Crippen MR) is 103 cm³/mol. The third-order valence-corrected chi connectivity index (χ3v) is 4.84. The highest BCUT2D eigenvalue weighted by Crippen LogP contribution is 2.27. The number of benzene rings is 2. The average Bonchev–Trinajstić information content (AvgIpc) is 2.65. The van der Waals surface area contributed by atoms with Crippen LogP contribution in [0.2, 0.25) is 0 Å². The molecule has 0 spiro atoms. The highest BCUT2D eigenvalue weighted by atomic mass is 35.5. The minimum absolute atomic E-state index is 0. The van der Waals surface area contributed by atoms with Crippen LogP contribution in [0.5, 0.6) is 5.75 Å². The van der Waals surface area contributed by atoms with Crippen LogP contribution in [0.15, 0.2) is 36.4 Å². The Bertz CT molecular complexity index is 817. The van der Waals surface area contributed by atoms with Crippen molar-refractivity contribution in [1.82, 2.24) is 10.6 Å². The van der Waals surface area contributed by atoms with Crippen molar-refractivity contribution in [2.75, 3.05) is 20.2 Å². The summed E-state index contributed by atoms with van der Waals surface area (Å²) >= 11 is 0. The number of aryl methyl sites for hydroxylation is 1. The fraction of sp³-hybridized carbons (Fsp3) is 0.350. The SMILES string of the molecule is COc1cc(C(=O)NC2CNCCC2c2ccc(F)c(F)c2)ccc1C.Cl. The Morgan fingerprint density at radius 3 is 2.67 bits per heavy atom. The molecule has 1 amide bonds. The fourth-order valence-corrected chi connectivity index (χ4v) is 3.37. The lowest BCUT2D eigenvalue weighted by molar-refractivity contribution is 0.0924. The Morgan fingerprint density at radius 2 is 1.96 bits per heavy atom. The molecule has 7 heteroatoms. The number of rotatable bonds is 4. The number of hydrogen-bond acceptors (Lipinski definition) is 3. The number of carbonyl (C=O) groups excluding carboxylic acids is 1. The molecule has 1 aliphatic heterocycles. The van der Waals surface area contributed by atoms with E-state index >= 15 is 0 Å². The number of amides is 1. The summed E-state index contributed by atoms with van der Waals surface area (Å²) < 4.78 is 32.1. The maximum atomic E-state index is 13.6. The van der Waals surface area contributed by atoms with Crippen LogP contribution in [-0.4, -0.2) is 32.1 Å². The van der Waals surface area contributed by atoms with Gasteiger partial charge in [-0.1, -0.05) is 12.1 Å². The first-order valence-electron chi connectivity index (χ1n) is 8.60. The maximum absolute atomic E-state index is 13.6. The van der Waals surface area contributed by atoms with Crippen LogP contribution in [-0.2, 0) is 0 Å². The van der Waals surface area contributed by atoms with Gasteiger partial charge in [0.05, 0.1) is 7.11 Å². The number of methoxy groups -OCH3 is 1. The number of ether oxygens (including phenoxy) is 1. The topological polar surface area (TPSA) is 50.4 Å². The van der Waals surface area contributed by atoms with Gasteiger partial charge < -0.3 is 15.4 Å². The summed E-state index contributed by atoms with van der Waals surface area (Å²) in [6, 6.07) is 9.01. The lowest BCUT2D eigenvalue weighted by atomic mass is 9.85. The zero-order valence-electron chi connectivity index (χ0n) is 15.2. The van der Waals surface area contributed by atoms with Crippen molar-refractivity contribution < 1.29 is 18.3 Å². The van der Waals surface area contributed by atoms with E-state index in [1.54, 1.807) is 25.3 Å². The quantitative estimate of drug-likeness (QED) is 0.830. The highest BCUT2D eigenvalue weighted by molar-refractivity contribution is 5.95. The van der Waals surface area contributed by atoms with Crippen LogP contribution in [0.3, 0.4) is 0 Å². The second-order valence-electron chi connectivity index (χ2n) is 6.54. The summed E-state index contributed by atoms with van der Waals surface area (Å²) in [5.74, 6) is -1.38. The molecular weight excluding hydrogens is 374 g/mol. The van der Waals surface area contributed by atoms with Crippen molar-refractivity contribution in [2.45, 2.75) is 25.3 Å². The standard InChI is InChI=1S/C20H22F2N2O2.ClH/c1-12-3-4-14(10-19(12)26-2)20(25)24-18-11-23-8-7-15(18)13-5-6-16(21)17(22)9-13;/h3-6,9-10,15,18,23H,7-8,11H2,1-2H3,(H,24,25);1H. The van der Waals surface area contributed by atoms with Gasteiger partial charge in [0, 0.05) is 24.1 Å². The summed E-state index contributed by atoms with van der Waals surface area (Å²) in [5, 5.41) is 6.26. The molecule has 1 aliphatic rings. The average molecular weight is 397 g/mol. The van der Waals surface area contributed by atoms with Crippen LogP contribution >= 0.6 is 12.4 Å². The number of piperidine rings is 1. The molecule has 0 radical (unpaired) electrons. The summed E-state index contributed by atoms with van der Waals surface area (Å²) in [4.78, 5) is 12.7. The molecule has 1 heterocycles. The van der Waals surface area contributed by atoms with E-state index in [4.69, 9.17) is 4.74 Å². The van der Waals surface area contributed by atoms with E-state index in [0.717, 1.165) is 24.6 Å². The van der Waals surface area contributed by atoms with Crippen LogP contribution in [0.25, 0.3) is 0 Å². The largest absolute Gasteiger partial charge is 0.496 e. The normalized spacial score (nSPS) is 19.1. The fourth-order valence-electron chi connectivity index (χ4n) is 3.37. The van der Waals surface area contributed by atoms with Crippen LogP contribution in [0.4, 0.5) is 8.78 Å². The Balaban J connectivity index is 0.00000261. The molecule has 1 saturated heterocycles. The van der Waals surface area contributed by atoms with Gasteiger partial charge in [0.2, 0.25) is 0 Å². The number of carbonyl (C=O) groups is 1. The highest BCUT2D eigenvalue weighted by Gasteiger charge is 2.28. The van der Waals surface area contributed by atoms with Gasteiger partial charge in [0.1, 0.15) is 5.75 Å². The van der Waals surface area contributed by atoms with E-state index in [1.165, 1.54) is 6.07 Å². The third kappa shape index (κ3) is 4.76. The molecule has 4 nitrogen and oxygen atoms in total. The first-order chi connectivity index (χ1) is 12.5. The van der Waals surface area contributed by atoms with Crippen LogP contribution in [0, 0.1) is 18.6 Å². The van der Waals surface area contributed by atoms with E-state index in [2.05, 4.69) is 10.6 Å². The molecule has 3 rings (SSSR count). The predicted octanol–water partition coefficient (Wildman–Crippen LogP) is 3.58.